The van der Waals surface area contributed by atoms with E-state index in [1.807, 2.05) is 26.0 Å². The molecule has 1 aliphatic rings. The van der Waals surface area contributed by atoms with E-state index < -0.39 is 10.0 Å². The van der Waals surface area contributed by atoms with Crippen molar-refractivity contribution in [2.45, 2.75) is 57.5 Å². The van der Waals surface area contributed by atoms with Gasteiger partial charge in [-0.3, -0.25) is 0 Å². The summed E-state index contributed by atoms with van der Waals surface area (Å²) in [6.07, 6.45) is 3.60. The molecule has 6 heteroatoms. The Balaban J connectivity index is 1.87. The van der Waals surface area contributed by atoms with Gasteiger partial charge in [0, 0.05) is 25.7 Å². The van der Waals surface area contributed by atoms with Crippen LogP contribution in [-0.4, -0.2) is 56.4 Å². The molecule has 2 rings (SSSR count). The minimum atomic E-state index is -3.36. The molecule has 5 nitrogen and oxygen atoms in total. The number of likely N-dealkylation sites (tertiary alicyclic amines) is 1. The third kappa shape index (κ3) is 5.51. The van der Waals surface area contributed by atoms with Gasteiger partial charge in [-0.2, -0.15) is 4.31 Å². The Hall–Kier alpha value is -0.950. The van der Waals surface area contributed by atoms with Crippen molar-refractivity contribution in [2.24, 2.45) is 0 Å². The van der Waals surface area contributed by atoms with Crippen LogP contribution in [0, 0.1) is 0 Å². The molecule has 1 heterocycles. The van der Waals surface area contributed by atoms with Gasteiger partial charge >= 0.3 is 0 Å². The van der Waals surface area contributed by atoms with Crippen molar-refractivity contribution in [2.75, 3.05) is 32.7 Å². The van der Waals surface area contributed by atoms with E-state index in [0.29, 0.717) is 24.0 Å². The van der Waals surface area contributed by atoms with Crippen molar-refractivity contribution in [3.8, 4) is 0 Å². The molecule has 0 aromatic heterocycles. The second-order valence-electron chi connectivity index (χ2n) is 6.73. The summed E-state index contributed by atoms with van der Waals surface area (Å²) >= 11 is 0. The predicted molar refractivity (Wildman–Crippen MR) is 103 cm³/mol. The molecule has 25 heavy (non-hydrogen) atoms. The van der Waals surface area contributed by atoms with Crippen LogP contribution in [0.5, 0.6) is 0 Å². The minimum Gasteiger partial charge on any atom is -0.310 e. The Kier molecular flexibility index (Phi) is 7.87. The summed E-state index contributed by atoms with van der Waals surface area (Å²) in [5, 5.41) is 3.62. The zero-order valence-corrected chi connectivity index (χ0v) is 16.7. The third-order valence-corrected chi connectivity index (χ3v) is 7.05. The number of hydrogen-bond donors (Lipinski definition) is 1. The lowest BCUT2D eigenvalue weighted by Gasteiger charge is -2.32. The minimum absolute atomic E-state index is 0.382. The summed E-state index contributed by atoms with van der Waals surface area (Å²) in [5.41, 5.74) is 1.13. The Morgan fingerprint density at radius 1 is 1.08 bits per heavy atom. The van der Waals surface area contributed by atoms with Crippen LogP contribution in [0.25, 0.3) is 0 Å². The molecule has 0 aliphatic carbocycles. The average Bonchev–Trinajstić information content (AvgIpc) is 2.62. The maximum atomic E-state index is 12.5. The molecule has 0 spiro atoms. The summed E-state index contributed by atoms with van der Waals surface area (Å²) in [5.74, 6) is 0. The van der Waals surface area contributed by atoms with E-state index in [0.717, 1.165) is 12.1 Å². The van der Waals surface area contributed by atoms with E-state index in [1.54, 1.807) is 12.1 Å². The van der Waals surface area contributed by atoms with E-state index in [4.69, 9.17) is 0 Å². The molecule has 1 aromatic rings. The molecule has 0 atom stereocenters. The van der Waals surface area contributed by atoms with Crippen molar-refractivity contribution >= 4 is 10.0 Å². The van der Waals surface area contributed by atoms with Gasteiger partial charge in [0.25, 0.3) is 0 Å². The van der Waals surface area contributed by atoms with Crippen molar-refractivity contribution in [3.63, 3.8) is 0 Å². The summed E-state index contributed by atoms with van der Waals surface area (Å²) in [6.45, 7) is 11.3. The molecule has 0 bridgehead atoms. The molecule has 1 fully saturated rings. The standard InChI is InChI=1S/C19H33N3O2S/c1-4-13-21-14-11-18(12-15-21)20-16-17-7-9-19(10-8-17)25(23,24)22(5-2)6-3/h7-10,18,20H,4-6,11-16H2,1-3H3. The largest absolute Gasteiger partial charge is 0.310 e. The molecule has 142 valence electrons. The van der Waals surface area contributed by atoms with E-state index in [9.17, 15) is 8.42 Å². The van der Waals surface area contributed by atoms with Crippen molar-refractivity contribution < 1.29 is 8.42 Å². The van der Waals surface area contributed by atoms with Gasteiger partial charge in [-0.05, 0) is 56.6 Å². The van der Waals surface area contributed by atoms with Gasteiger partial charge in [-0.15, -0.1) is 0 Å². The molecule has 0 unspecified atom stereocenters. The summed E-state index contributed by atoms with van der Waals surface area (Å²) in [7, 11) is -3.36. The number of nitrogens with zero attached hydrogens (tertiary/aromatic N) is 2. The lowest BCUT2D eigenvalue weighted by atomic mass is 10.0. The van der Waals surface area contributed by atoms with Gasteiger partial charge in [0.1, 0.15) is 0 Å². The van der Waals surface area contributed by atoms with Crippen LogP contribution in [0.15, 0.2) is 29.2 Å². The molecule has 0 radical (unpaired) electrons. The zero-order chi connectivity index (χ0) is 18.3. The quantitative estimate of drug-likeness (QED) is 0.729. The first-order chi connectivity index (χ1) is 12.0. The Morgan fingerprint density at radius 3 is 2.20 bits per heavy atom. The second kappa shape index (κ2) is 9.67. The topological polar surface area (TPSA) is 52.7 Å². The monoisotopic (exact) mass is 367 g/mol. The number of piperidine rings is 1. The van der Waals surface area contributed by atoms with Crippen LogP contribution in [0.3, 0.4) is 0 Å². The molecular formula is C19H33N3O2S. The molecule has 1 aliphatic heterocycles. The molecule has 1 aromatic carbocycles. The van der Waals surface area contributed by atoms with Crippen molar-refractivity contribution in [1.29, 1.82) is 0 Å². The fraction of sp³-hybridized carbons (Fsp3) is 0.684. The smallest absolute Gasteiger partial charge is 0.243 e. The fourth-order valence-electron chi connectivity index (χ4n) is 3.43. The van der Waals surface area contributed by atoms with Crippen LogP contribution in [0.1, 0.15) is 45.6 Å². The normalized spacial score (nSPS) is 17.3. The van der Waals surface area contributed by atoms with Gasteiger partial charge in [0.05, 0.1) is 4.90 Å². The predicted octanol–water partition coefficient (Wildman–Crippen LogP) is 2.68. The van der Waals surface area contributed by atoms with Gasteiger partial charge in [0.15, 0.2) is 0 Å². The van der Waals surface area contributed by atoms with Crippen LogP contribution >= 0.6 is 0 Å². The first-order valence-corrected chi connectivity index (χ1v) is 11.0. The van der Waals surface area contributed by atoms with Crippen molar-refractivity contribution in [1.82, 2.24) is 14.5 Å². The summed E-state index contributed by atoms with van der Waals surface area (Å²) < 4.78 is 26.5. The summed E-state index contributed by atoms with van der Waals surface area (Å²) in [4.78, 5) is 2.92. The van der Waals surface area contributed by atoms with Crippen LogP contribution in [-0.2, 0) is 16.6 Å². The third-order valence-electron chi connectivity index (χ3n) is 4.99. The highest BCUT2D eigenvalue weighted by Crippen LogP contribution is 2.17. The maximum Gasteiger partial charge on any atom is 0.243 e. The second-order valence-corrected chi connectivity index (χ2v) is 8.67. The van der Waals surface area contributed by atoms with Gasteiger partial charge in [0.2, 0.25) is 10.0 Å². The molecule has 1 saturated heterocycles. The van der Waals surface area contributed by atoms with Gasteiger partial charge < -0.3 is 10.2 Å². The number of sulfonamides is 1. The molecule has 0 amide bonds. The average molecular weight is 368 g/mol. The lowest BCUT2D eigenvalue weighted by Crippen LogP contribution is -2.42. The van der Waals surface area contributed by atoms with Gasteiger partial charge in [-0.1, -0.05) is 32.9 Å². The maximum absolute atomic E-state index is 12.5. The Morgan fingerprint density at radius 2 is 1.68 bits per heavy atom. The van der Waals surface area contributed by atoms with E-state index in [2.05, 4.69) is 17.1 Å². The molecule has 0 saturated carbocycles. The Bertz CT molecular complexity index is 604. The fourth-order valence-corrected chi connectivity index (χ4v) is 4.89. The van der Waals surface area contributed by atoms with Crippen LogP contribution in [0.4, 0.5) is 0 Å². The van der Waals surface area contributed by atoms with E-state index in [-0.39, 0.29) is 0 Å². The molecule has 1 N–H and O–H groups in total. The van der Waals surface area contributed by atoms with E-state index in [1.165, 1.54) is 43.2 Å². The van der Waals surface area contributed by atoms with Crippen LogP contribution < -0.4 is 5.32 Å². The van der Waals surface area contributed by atoms with E-state index >= 15 is 0 Å². The Labute approximate surface area is 153 Å². The number of rotatable bonds is 9. The van der Waals surface area contributed by atoms with Crippen molar-refractivity contribution in [3.05, 3.63) is 29.8 Å². The zero-order valence-electron chi connectivity index (χ0n) is 15.9. The van der Waals surface area contributed by atoms with Gasteiger partial charge in [-0.25, -0.2) is 8.42 Å². The SMILES string of the molecule is CCCN1CCC(NCc2ccc(S(=O)(=O)N(CC)CC)cc2)CC1. The highest BCUT2D eigenvalue weighted by Gasteiger charge is 2.21. The number of benzene rings is 1. The number of hydrogen-bond acceptors (Lipinski definition) is 4. The molecular weight excluding hydrogens is 334 g/mol. The van der Waals surface area contributed by atoms with Crippen LogP contribution in [0.2, 0.25) is 0 Å². The first kappa shape index (κ1) is 20.4. The number of nitrogens with one attached hydrogen (secondary N) is 1. The first-order valence-electron chi connectivity index (χ1n) is 9.56. The lowest BCUT2D eigenvalue weighted by molar-refractivity contribution is 0.197. The highest BCUT2D eigenvalue weighted by atomic mass is 32.2. The summed E-state index contributed by atoms with van der Waals surface area (Å²) in [6, 6.07) is 7.88. The highest BCUT2D eigenvalue weighted by molar-refractivity contribution is 7.89.